The minimum Gasteiger partial charge on any atom is -0.497 e. The van der Waals surface area contributed by atoms with Crippen molar-refractivity contribution in [2.75, 3.05) is 7.11 Å². The first-order chi connectivity index (χ1) is 7.17. The van der Waals surface area contributed by atoms with Crippen LogP contribution in [-0.4, -0.2) is 12.2 Å². The van der Waals surface area contributed by atoms with Crippen molar-refractivity contribution in [3.63, 3.8) is 0 Å². The molecule has 0 aliphatic carbocycles. The van der Waals surface area contributed by atoms with Crippen molar-refractivity contribution in [3.05, 3.63) is 42.0 Å². The van der Waals surface area contributed by atoms with Gasteiger partial charge in [0.05, 0.1) is 13.2 Å². The maximum Gasteiger partial charge on any atom is 0.119 e. The number of hydrogen-bond acceptors (Lipinski definition) is 2. The lowest BCUT2D eigenvalue weighted by Crippen LogP contribution is -1.99. The maximum atomic E-state index is 9.93. The monoisotopic (exact) mass is 206 g/mol. The number of ether oxygens (including phenoxy) is 1. The highest BCUT2D eigenvalue weighted by atomic mass is 16.5. The molecule has 1 unspecified atom stereocenters. The van der Waals surface area contributed by atoms with E-state index in [1.54, 1.807) is 7.11 Å². The van der Waals surface area contributed by atoms with Crippen LogP contribution in [0, 0.1) is 0 Å². The van der Waals surface area contributed by atoms with Crippen molar-refractivity contribution >= 4 is 0 Å². The molecule has 0 aliphatic rings. The van der Waals surface area contributed by atoms with Crippen LogP contribution in [0.5, 0.6) is 5.75 Å². The van der Waals surface area contributed by atoms with Gasteiger partial charge in [-0.15, -0.1) is 0 Å². The van der Waals surface area contributed by atoms with E-state index in [2.05, 4.69) is 6.58 Å². The zero-order chi connectivity index (χ0) is 11.3. The predicted molar refractivity (Wildman–Crippen MR) is 62.0 cm³/mol. The van der Waals surface area contributed by atoms with Gasteiger partial charge in [-0.05, 0) is 30.5 Å². The summed E-state index contributed by atoms with van der Waals surface area (Å²) in [6.07, 6.45) is 1.04. The van der Waals surface area contributed by atoms with Gasteiger partial charge in [-0.2, -0.15) is 0 Å². The molecule has 0 aromatic heterocycles. The van der Waals surface area contributed by atoms with Crippen LogP contribution in [0.3, 0.4) is 0 Å². The van der Waals surface area contributed by atoms with Gasteiger partial charge < -0.3 is 9.84 Å². The molecular formula is C13H18O2. The number of rotatable bonds is 5. The molecule has 2 heteroatoms. The topological polar surface area (TPSA) is 29.5 Å². The molecule has 0 saturated heterocycles. The van der Waals surface area contributed by atoms with E-state index in [-0.39, 0.29) is 0 Å². The van der Waals surface area contributed by atoms with Crippen LogP contribution in [0.1, 0.15) is 31.4 Å². The smallest absolute Gasteiger partial charge is 0.119 e. The van der Waals surface area contributed by atoms with E-state index < -0.39 is 6.10 Å². The molecule has 0 spiro atoms. The molecule has 1 aromatic rings. The number of benzene rings is 1. The van der Waals surface area contributed by atoms with Crippen LogP contribution in [-0.2, 0) is 0 Å². The average molecular weight is 206 g/mol. The van der Waals surface area contributed by atoms with Gasteiger partial charge in [0.1, 0.15) is 5.75 Å². The molecule has 1 N–H and O–H groups in total. The Balaban J connectivity index is 2.72. The predicted octanol–water partition coefficient (Wildman–Crippen LogP) is 3.08. The number of aliphatic hydroxyl groups is 1. The minimum atomic E-state index is -0.479. The van der Waals surface area contributed by atoms with Crippen LogP contribution >= 0.6 is 0 Å². The summed E-state index contributed by atoms with van der Waals surface area (Å²) in [7, 11) is 1.62. The average Bonchev–Trinajstić information content (AvgIpc) is 2.28. The van der Waals surface area contributed by atoms with Gasteiger partial charge in [0, 0.05) is 0 Å². The van der Waals surface area contributed by atoms with Crippen molar-refractivity contribution in [1.82, 2.24) is 0 Å². The van der Waals surface area contributed by atoms with Gasteiger partial charge in [-0.3, -0.25) is 0 Å². The zero-order valence-electron chi connectivity index (χ0n) is 9.36. The Morgan fingerprint density at radius 2 is 2.27 bits per heavy atom. The first-order valence-electron chi connectivity index (χ1n) is 5.16. The lowest BCUT2D eigenvalue weighted by Gasteiger charge is -2.12. The largest absolute Gasteiger partial charge is 0.497 e. The van der Waals surface area contributed by atoms with Gasteiger partial charge in [0.15, 0.2) is 0 Å². The third-order valence-electron chi connectivity index (χ3n) is 2.46. The Bertz CT molecular complexity index is 331. The molecule has 0 amide bonds. The van der Waals surface area contributed by atoms with Crippen molar-refractivity contribution in [1.29, 1.82) is 0 Å². The van der Waals surface area contributed by atoms with Crippen LogP contribution < -0.4 is 4.74 Å². The van der Waals surface area contributed by atoms with E-state index in [0.717, 1.165) is 23.3 Å². The van der Waals surface area contributed by atoms with E-state index in [9.17, 15) is 5.11 Å². The summed E-state index contributed by atoms with van der Waals surface area (Å²) in [6, 6.07) is 7.50. The Kier molecular flexibility index (Phi) is 4.37. The summed E-state index contributed by atoms with van der Waals surface area (Å²) in [6.45, 7) is 5.93. The second kappa shape index (κ2) is 5.56. The van der Waals surface area contributed by atoms with E-state index in [1.807, 2.05) is 31.2 Å². The lowest BCUT2D eigenvalue weighted by atomic mass is 10.0. The molecule has 15 heavy (non-hydrogen) atoms. The molecule has 1 atom stereocenters. The fourth-order valence-corrected chi connectivity index (χ4v) is 1.38. The van der Waals surface area contributed by atoms with Crippen molar-refractivity contribution in [2.24, 2.45) is 0 Å². The molecule has 0 aliphatic heterocycles. The Morgan fingerprint density at radius 3 is 2.87 bits per heavy atom. The van der Waals surface area contributed by atoms with Crippen LogP contribution in [0.4, 0.5) is 0 Å². The fourth-order valence-electron chi connectivity index (χ4n) is 1.38. The van der Waals surface area contributed by atoms with Crippen molar-refractivity contribution in [2.45, 2.75) is 25.9 Å². The maximum absolute atomic E-state index is 9.93. The summed E-state index contributed by atoms with van der Waals surface area (Å²) in [5.41, 5.74) is 1.94. The molecular weight excluding hydrogens is 188 g/mol. The molecule has 82 valence electrons. The molecule has 0 saturated carbocycles. The Hall–Kier alpha value is -1.28. The number of methoxy groups -OCH3 is 1. The van der Waals surface area contributed by atoms with Gasteiger partial charge in [0.25, 0.3) is 0 Å². The molecule has 1 aromatic carbocycles. The number of hydrogen-bond donors (Lipinski definition) is 1. The molecule has 1 rings (SSSR count). The highest BCUT2D eigenvalue weighted by molar-refractivity contribution is 5.30. The SMILES string of the molecule is C=C(CC)CC(O)c1cccc(OC)c1. The summed E-state index contributed by atoms with van der Waals surface area (Å²) >= 11 is 0. The first-order valence-corrected chi connectivity index (χ1v) is 5.16. The van der Waals surface area contributed by atoms with E-state index >= 15 is 0 Å². The van der Waals surface area contributed by atoms with E-state index in [4.69, 9.17) is 4.74 Å². The molecule has 2 nitrogen and oxygen atoms in total. The first kappa shape index (κ1) is 11.8. The highest BCUT2D eigenvalue weighted by Gasteiger charge is 2.09. The van der Waals surface area contributed by atoms with Gasteiger partial charge in [-0.1, -0.05) is 31.2 Å². The van der Waals surface area contributed by atoms with Crippen molar-refractivity contribution in [3.8, 4) is 5.75 Å². The second-order valence-corrected chi connectivity index (χ2v) is 3.60. The third-order valence-corrected chi connectivity index (χ3v) is 2.46. The summed E-state index contributed by atoms with van der Waals surface area (Å²) in [5, 5.41) is 9.93. The summed E-state index contributed by atoms with van der Waals surface area (Å²) in [4.78, 5) is 0. The zero-order valence-corrected chi connectivity index (χ0v) is 9.36. The van der Waals surface area contributed by atoms with Gasteiger partial charge >= 0.3 is 0 Å². The van der Waals surface area contributed by atoms with Crippen LogP contribution in [0.25, 0.3) is 0 Å². The highest BCUT2D eigenvalue weighted by Crippen LogP contribution is 2.24. The fraction of sp³-hybridized carbons (Fsp3) is 0.385. The van der Waals surface area contributed by atoms with Crippen LogP contribution in [0.2, 0.25) is 0 Å². The molecule has 0 fully saturated rings. The Morgan fingerprint density at radius 1 is 1.53 bits per heavy atom. The van der Waals surface area contributed by atoms with Crippen LogP contribution in [0.15, 0.2) is 36.4 Å². The summed E-state index contributed by atoms with van der Waals surface area (Å²) < 4.78 is 5.10. The van der Waals surface area contributed by atoms with E-state index in [0.29, 0.717) is 6.42 Å². The number of aliphatic hydroxyl groups excluding tert-OH is 1. The van der Waals surface area contributed by atoms with Gasteiger partial charge in [-0.25, -0.2) is 0 Å². The third kappa shape index (κ3) is 3.40. The Labute approximate surface area is 91.2 Å². The normalized spacial score (nSPS) is 12.2. The summed E-state index contributed by atoms with van der Waals surface area (Å²) in [5.74, 6) is 0.772. The standard InChI is InChI=1S/C13H18O2/c1-4-10(2)8-13(14)11-6-5-7-12(9-11)15-3/h5-7,9,13-14H,2,4,8H2,1,3H3. The minimum absolute atomic E-state index is 0.479. The molecule has 0 radical (unpaired) electrons. The lowest BCUT2D eigenvalue weighted by molar-refractivity contribution is 0.177. The van der Waals surface area contributed by atoms with Crippen molar-refractivity contribution < 1.29 is 9.84 Å². The van der Waals surface area contributed by atoms with E-state index in [1.165, 1.54) is 0 Å². The van der Waals surface area contributed by atoms with Gasteiger partial charge in [0.2, 0.25) is 0 Å². The quantitative estimate of drug-likeness (QED) is 0.750. The second-order valence-electron chi connectivity index (χ2n) is 3.60. The molecule has 0 bridgehead atoms. The molecule has 0 heterocycles.